The van der Waals surface area contributed by atoms with Gasteiger partial charge in [-0.3, -0.25) is 14.3 Å². The SMILES string of the molecule is CC12CCC(C(S(=O)(=O)O)C1=O)C2(C)C.CCC1=NC(c2ccccc2)C(OC)(OC)CC1. The number of benzene rings is 1. The Morgan fingerprint density at radius 2 is 1.70 bits per heavy atom. The van der Waals surface area contributed by atoms with E-state index >= 15 is 0 Å². The number of carbonyl (C=O) groups excluding carboxylic acids is 1. The fourth-order valence-corrected chi connectivity index (χ4v) is 7.31. The third kappa shape index (κ3) is 4.31. The molecule has 4 unspecified atom stereocenters. The van der Waals surface area contributed by atoms with Crippen LogP contribution in [0.5, 0.6) is 0 Å². The average Bonchev–Trinajstić information content (AvgIpc) is 3.11. The first-order chi connectivity index (χ1) is 15.4. The van der Waals surface area contributed by atoms with Gasteiger partial charge in [-0.05, 0) is 42.6 Å². The lowest BCUT2D eigenvalue weighted by atomic mass is 9.70. The molecule has 1 heterocycles. The first-order valence-electron chi connectivity index (χ1n) is 11.6. The Kier molecular flexibility index (Phi) is 7.26. The summed E-state index contributed by atoms with van der Waals surface area (Å²) in [6.07, 6.45) is 4.23. The highest BCUT2D eigenvalue weighted by Crippen LogP contribution is 2.64. The molecule has 33 heavy (non-hydrogen) atoms. The third-order valence-electron chi connectivity index (χ3n) is 8.50. The Morgan fingerprint density at radius 3 is 2.12 bits per heavy atom. The number of ether oxygens (including phenoxy) is 2. The quantitative estimate of drug-likeness (QED) is 0.488. The molecule has 4 atom stereocenters. The number of fused-ring (bicyclic) bond motifs is 2. The van der Waals surface area contributed by atoms with Gasteiger partial charge in [0.2, 0.25) is 0 Å². The summed E-state index contributed by atoms with van der Waals surface area (Å²) < 4.78 is 42.8. The van der Waals surface area contributed by atoms with Crippen LogP contribution in [-0.4, -0.2) is 49.7 Å². The minimum atomic E-state index is -4.24. The largest absolute Gasteiger partial charge is 0.351 e. The van der Waals surface area contributed by atoms with Gasteiger partial charge in [-0.25, -0.2) is 0 Å². The smallest absolute Gasteiger partial charge is 0.275 e. The molecule has 7 nitrogen and oxygen atoms in total. The van der Waals surface area contributed by atoms with Crippen LogP contribution in [0, 0.1) is 16.7 Å². The summed E-state index contributed by atoms with van der Waals surface area (Å²) in [7, 11) is -0.841. The van der Waals surface area contributed by atoms with Gasteiger partial charge in [-0.2, -0.15) is 8.42 Å². The number of aliphatic imine (C=N–C) groups is 1. The van der Waals surface area contributed by atoms with E-state index in [0.29, 0.717) is 6.42 Å². The Balaban J connectivity index is 0.000000189. The maximum absolute atomic E-state index is 12.0. The maximum Gasteiger partial charge on any atom is 0.275 e. The summed E-state index contributed by atoms with van der Waals surface area (Å²) in [5.41, 5.74) is 1.48. The fraction of sp³-hybridized carbons (Fsp3) is 0.680. The molecular weight excluding hydrogens is 442 g/mol. The molecule has 184 valence electrons. The Morgan fingerprint density at radius 1 is 1.09 bits per heavy atom. The first-order valence-corrected chi connectivity index (χ1v) is 13.1. The van der Waals surface area contributed by atoms with E-state index in [2.05, 4.69) is 19.1 Å². The van der Waals surface area contributed by atoms with Crippen molar-refractivity contribution in [3.05, 3.63) is 35.9 Å². The number of rotatable bonds is 5. The van der Waals surface area contributed by atoms with Crippen molar-refractivity contribution in [3.8, 4) is 0 Å². The van der Waals surface area contributed by atoms with Crippen molar-refractivity contribution in [2.45, 2.75) is 76.9 Å². The lowest BCUT2D eigenvalue weighted by molar-refractivity contribution is -0.226. The van der Waals surface area contributed by atoms with Crippen molar-refractivity contribution in [3.63, 3.8) is 0 Å². The number of ketones is 1. The van der Waals surface area contributed by atoms with Crippen LogP contribution >= 0.6 is 0 Å². The van der Waals surface area contributed by atoms with Crippen LogP contribution in [0.2, 0.25) is 0 Å². The number of carbonyl (C=O) groups is 1. The molecule has 0 saturated heterocycles. The van der Waals surface area contributed by atoms with Crippen molar-refractivity contribution in [1.82, 2.24) is 0 Å². The topological polar surface area (TPSA) is 102 Å². The molecule has 0 radical (unpaired) electrons. The third-order valence-corrected chi connectivity index (χ3v) is 9.68. The summed E-state index contributed by atoms with van der Waals surface area (Å²) in [5.74, 6) is -1.16. The van der Waals surface area contributed by atoms with E-state index in [1.54, 1.807) is 14.2 Å². The van der Waals surface area contributed by atoms with Gasteiger partial charge in [0.15, 0.2) is 11.6 Å². The van der Waals surface area contributed by atoms with Crippen LogP contribution in [0.15, 0.2) is 35.3 Å². The number of hydrogen-bond donors (Lipinski definition) is 1. The van der Waals surface area contributed by atoms with Crippen LogP contribution in [-0.2, 0) is 24.4 Å². The fourth-order valence-electron chi connectivity index (χ4n) is 5.89. The minimum Gasteiger partial charge on any atom is -0.351 e. The van der Waals surface area contributed by atoms with E-state index in [-0.39, 0.29) is 23.2 Å². The van der Waals surface area contributed by atoms with Crippen molar-refractivity contribution in [2.24, 2.45) is 21.7 Å². The molecule has 2 saturated carbocycles. The highest BCUT2D eigenvalue weighted by Gasteiger charge is 2.69. The second-order valence-corrected chi connectivity index (χ2v) is 11.6. The molecule has 2 bridgehead atoms. The summed E-state index contributed by atoms with van der Waals surface area (Å²) >= 11 is 0. The van der Waals surface area contributed by atoms with Crippen molar-refractivity contribution >= 4 is 21.6 Å². The van der Waals surface area contributed by atoms with Gasteiger partial charge in [-0.15, -0.1) is 0 Å². The summed E-state index contributed by atoms with van der Waals surface area (Å²) in [4.78, 5) is 16.8. The molecule has 0 aromatic heterocycles. The molecule has 1 aromatic carbocycles. The summed E-state index contributed by atoms with van der Waals surface area (Å²) in [5, 5.41) is -1.19. The van der Waals surface area contributed by atoms with Crippen LogP contribution in [0.4, 0.5) is 0 Å². The van der Waals surface area contributed by atoms with Gasteiger partial charge in [0.25, 0.3) is 10.1 Å². The normalized spacial score (nSPS) is 32.2. The second-order valence-electron chi connectivity index (χ2n) is 10.1. The summed E-state index contributed by atoms with van der Waals surface area (Å²) in [6, 6.07) is 10.2. The zero-order chi connectivity index (χ0) is 24.7. The molecule has 0 spiro atoms. The van der Waals surface area contributed by atoms with Gasteiger partial charge >= 0.3 is 0 Å². The molecule has 8 heteroatoms. The van der Waals surface area contributed by atoms with E-state index in [0.717, 1.165) is 31.2 Å². The van der Waals surface area contributed by atoms with Gasteiger partial charge in [0.1, 0.15) is 11.3 Å². The zero-order valence-corrected chi connectivity index (χ0v) is 21.3. The van der Waals surface area contributed by atoms with Gasteiger partial charge in [0, 0.05) is 31.8 Å². The van der Waals surface area contributed by atoms with E-state index in [1.165, 1.54) is 5.71 Å². The minimum absolute atomic E-state index is 0.0719. The van der Waals surface area contributed by atoms with Gasteiger partial charge in [-0.1, -0.05) is 58.0 Å². The van der Waals surface area contributed by atoms with E-state index in [4.69, 9.17) is 19.0 Å². The van der Waals surface area contributed by atoms with Crippen LogP contribution in [0.3, 0.4) is 0 Å². The molecule has 2 aliphatic carbocycles. The molecular formula is C25H37NO6S. The predicted molar refractivity (Wildman–Crippen MR) is 128 cm³/mol. The van der Waals surface area contributed by atoms with Gasteiger partial charge < -0.3 is 9.47 Å². The molecule has 4 rings (SSSR count). The highest BCUT2D eigenvalue weighted by atomic mass is 32.2. The number of hydrogen-bond acceptors (Lipinski definition) is 6. The Bertz CT molecular complexity index is 999. The standard InChI is InChI=1S/C15H21NO2.C10H16O4S/c1-4-13-10-11-15(17-2,18-3)14(16-13)12-8-6-5-7-9-12;1-9(2)6-4-5-10(9,3)8(11)7(6)15(12,13)14/h5-9,14H,4,10-11H2,1-3H3;6-7H,4-5H2,1-3H3,(H,12,13,14). The van der Waals surface area contributed by atoms with E-state index in [9.17, 15) is 13.2 Å². The van der Waals surface area contributed by atoms with Crippen LogP contribution < -0.4 is 0 Å². The Labute approximate surface area is 197 Å². The molecule has 1 N–H and O–H groups in total. The first kappa shape index (κ1) is 26.0. The lowest BCUT2D eigenvalue weighted by Gasteiger charge is -2.39. The number of nitrogens with zero attached hydrogens (tertiary/aromatic N) is 1. The monoisotopic (exact) mass is 479 g/mol. The van der Waals surface area contributed by atoms with Crippen LogP contribution in [0.25, 0.3) is 0 Å². The Hall–Kier alpha value is -1.61. The maximum atomic E-state index is 12.0. The molecule has 1 aliphatic heterocycles. The highest BCUT2D eigenvalue weighted by molar-refractivity contribution is 7.87. The zero-order valence-electron chi connectivity index (χ0n) is 20.5. The second kappa shape index (κ2) is 9.21. The van der Waals surface area contributed by atoms with Crippen molar-refractivity contribution < 1.29 is 27.2 Å². The van der Waals surface area contributed by atoms with Gasteiger partial charge in [0.05, 0.1) is 0 Å². The predicted octanol–water partition coefficient (Wildman–Crippen LogP) is 4.63. The molecule has 0 amide bonds. The summed E-state index contributed by atoms with van der Waals surface area (Å²) in [6.45, 7) is 7.81. The molecule has 1 aromatic rings. The van der Waals surface area contributed by atoms with Crippen molar-refractivity contribution in [2.75, 3.05) is 14.2 Å². The number of methoxy groups -OCH3 is 2. The van der Waals surface area contributed by atoms with Crippen molar-refractivity contribution in [1.29, 1.82) is 0 Å². The number of Topliss-reactive ketones (excluding diaryl/α,β-unsaturated/α-hetero) is 1. The molecule has 3 aliphatic rings. The lowest BCUT2D eigenvalue weighted by Crippen LogP contribution is -2.43. The van der Waals surface area contributed by atoms with E-state index < -0.39 is 26.6 Å². The van der Waals surface area contributed by atoms with Crippen LogP contribution in [0.1, 0.15) is 71.4 Å². The average molecular weight is 480 g/mol. The molecule has 2 fully saturated rings. The van der Waals surface area contributed by atoms with E-state index in [1.807, 2.05) is 39.0 Å².